The fourth-order valence-electron chi connectivity index (χ4n) is 1.69. The lowest BCUT2D eigenvalue weighted by Gasteiger charge is -2.09. The number of methoxy groups -OCH3 is 1. The van der Waals surface area contributed by atoms with Crippen LogP contribution in [-0.2, 0) is 0 Å². The molecule has 0 atom stereocenters. The molecule has 104 valence electrons. The van der Waals surface area contributed by atoms with Crippen molar-refractivity contribution in [3.8, 4) is 5.75 Å². The summed E-state index contributed by atoms with van der Waals surface area (Å²) < 4.78 is 5.05. The lowest BCUT2D eigenvalue weighted by atomic mass is 10.2. The molecule has 0 saturated heterocycles. The van der Waals surface area contributed by atoms with E-state index in [2.05, 4.69) is 10.6 Å². The monoisotopic (exact) mass is 290 g/mol. The normalized spacial score (nSPS) is 9.95. The van der Waals surface area contributed by atoms with E-state index in [1.807, 2.05) is 13.0 Å². The van der Waals surface area contributed by atoms with E-state index in [4.69, 9.17) is 16.3 Å². The summed E-state index contributed by atoms with van der Waals surface area (Å²) in [5.41, 5.74) is 2.29. The van der Waals surface area contributed by atoms with Crippen molar-refractivity contribution >= 4 is 29.0 Å². The van der Waals surface area contributed by atoms with E-state index in [1.165, 1.54) is 0 Å². The van der Waals surface area contributed by atoms with Gasteiger partial charge in [-0.15, -0.1) is 0 Å². The minimum absolute atomic E-state index is 0.308. The average molecular weight is 291 g/mol. The molecular weight excluding hydrogens is 276 g/mol. The number of ether oxygens (including phenoxy) is 1. The van der Waals surface area contributed by atoms with Crippen LogP contribution in [0.2, 0.25) is 5.02 Å². The molecule has 2 aromatic rings. The van der Waals surface area contributed by atoms with E-state index >= 15 is 0 Å². The molecule has 0 aliphatic rings. The van der Waals surface area contributed by atoms with E-state index in [1.54, 1.807) is 43.5 Å². The molecule has 0 fully saturated rings. The molecule has 0 aliphatic carbocycles. The van der Waals surface area contributed by atoms with E-state index in [0.717, 1.165) is 11.3 Å². The van der Waals surface area contributed by atoms with Crippen LogP contribution in [0, 0.1) is 6.92 Å². The quantitative estimate of drug-likeness (QED) is 0.885. The lowest BCUT2D eigenvalue weighted by Crippen LogP contribution is -2.19. The molecule has 0 spiro atoms. The molecule has 5 heteroatoms. The number of nitrogens with one attached hydrogen (secondary N) is 2. The van der Waals surface area contributed by atoms with Crippen LogP contribution in [0.1, 0.15) is 5.56 Å². The number of carbonyl (C=O) groups excluding carboxylic acids is 1. The summed E-state index contributed by atoms with van der Waals surface area (Å²) in [6.07, 6.45) is 0. The summed E-state index contributed by atoms with van der Waals surface area (Å²) in [4.78, 5) is 11.8. The van der Waals surface area contributed by atoms with Gasteiger partial charge in [0.15, 0.2) is 0 Å². The van der Waals surface area contributed by atoms with E-state index in [0.29, 0.717) is 16.4 Å². The van der Waals surface area contributed by atoms with Gasteiger partial charge < -0.3 is 15.4 Å². The van der Waals surface area contributed by atoms with Gasteiger partial charge in [0.2, 0.25) is 0 Å². The first-order chi connectivity index (χ1) is 9.58. The van der Waals surface area contributed by atoms with Crippen LogP contribution >= 0.6 is 11.6 Å². The van der Waals surface area contributed by atoms with E-state index in [-0.39, 0.29) is 6.03 Å². The Hall–Kier alpha value is -2.20. The van der Waals surface area contributed by atoms with Gasteiger partial charge in [-0.05, 0) is 55.0 Å². The van der Waals surface area contributed by atoms with Crippen molar-refractivity contribution in [1.29, 1.82) is 0 Å². The summed E-state index contributed by atoms with van der Waals surface area (Å²) in [6.45, 7) is 1.88. The second kappa shape index (κ2) is 6.30. The molecule has 20 heavy (non-hydrogen) atoms. The van der Waals surface area contributed by atoms with Gasteiger partial charge in [-0.3, -0.25) is 0 Å². The minimum atomic E-state index is -0.308. The van der Waals surface area contributed by atoms with Gasteiger partial charge >= 0.3 is 6.03 Å². The number of amides is 2. The average Bonchev–Trinajstić information content (AvgIpc) is 2.44. The van der Waals surface area contributed by atoms with Crippen molar-refractivity contribution in [2.45, 2.75) is 6.92 Å². The summed E-state index contributed by atoms with van der Waals surface area (Å²) >= 11 is 5.94. The molecule has 2 aromatic carbocycles. The van der Waals surface area contributed by atoms with Crippen molar-refractivity contribution in [3.05, 3.63) is 53.1 Å². The summed E-state index contributed by atoms with van der Waals surface area (Å²) in [6, 6.07) is 12.1. The Morgan fingerprint density at radius 3 is 2.25 bits per heavy atom. The number of aryl methyl sites for hydroxylation is 1. The Labute approximate surface area is 122 Å². The Kier molecular flexibility index (Phi) is 4.48. The first-order valence-corrected chi connectivity index (χ1v) is 6.44. The summed E-state index contributed by atoms with van der Waals surface area (Å²) in [5.74, 6) is 0.740. The van der Waals surface area contributed by atoms with Crippen LogP contribution in [0.25, 0.3) is 0 Å². The highest BCUT2D eigenvalue weighted by molar-refractivity contribution is 6.31. The second-order valence-electron chi connectivity index (χ2n) is 4.27. The SMILES string of the molecule is COc1ccc(NC(=O)Nc2ccc(Cl)c(C)c2)cc1. The highest BCUT2D eigenvalue weighted by Gasteiger charge is 2.04. The fourth-order valence-corrected chi connectivity index (χ4v) is 1.81. The molecule has 0 saturated carbocycles. The topological polar surface area (TPSA) is 50.4 Å². The molecular formula is C15H15ClN2O2. The highest BCUT2D eigenvalue weighted by Crippen LogP contribution is 2.20. The molecule has 0 heterocycles. The number of anilines is 2. The highest BCUT2D eigenvalue weighted by atomic mass is 35.5. The molecule has 2 rings (SSSR count). The molecule has 2 amide bonds. The van der Waals surface area contributed by atoms with Gasteiger partial charge in [-0.25, -0.2) is 4.79 Å². The minimum Gasteiger partial charge on any atom is -0.497 e. The van der Waals surface area contributed by atoms with Crippen LogP contribution in [-0.4, -0.2) is 13.1 Å². The molecule has 0 aromatic heterocycles. The summed E-state index contributed by atoms with van der Waals surface area (Å²) in [7, 11) is 1.60. The molecule has 0 bridgehead atoms. The Morgan fingerprint density at radius 2 is 1.65 bits per heavy atom. The van der Waals surface area contributed by atoms with Crippen molar-refractivity contribution in [2.24, 2.45) is 0 Å². The maximum Gasteiger partial charge on any atom is 0.323 e. The number of benzene rings is 2. The molecule has 0 unspecified atom stereocenters. The molecule has 0 radical (unpaired) electrons. The molecule has 0 aliphatic heterocycles. The van der Waals surface area contributed by atoms with Crippen LogP contribution < -0.4 is 15.4 Å². The van der Waals surface area contributed by atoms with Crippen molar-refractivity contribution in [1.82, 2.24) is 0 Å². The van der Waals surface area contributed by atoms with Gasteiger partial charge in [0.25, 0.3) is 0 Å². The van der Waals surface area contributed by atoms with Crippen LogP contribution in [0.5, 0.6) is 5.75 Å². The Balaban J connectivity index is 1.99. The smallest absolute Gasteiger partial charge is 0.323 e. The molecule has 2 N–H and O–H groups in total. The van der Waals surface area contributed by atoms with Gasteiger partial charge in [0.05, 0.1) is 7.11 Å². The van der Waals surface area contributed by atoms with Gasteiger partial charge in [-0.2, -0.15) is 0 Å². The lowest BCUT2D eigenvalue weighted by molar-refractivity contribution is 0.262. The number of hydrogen-bond acceptors (Lipinski definition) is 2. The van der Waals surface area contributed by atoms with Crippen molar-refractivity contribution in [2.75, 3.05) is 17.7 Å². The van der Waals surface area contributed by atoms with Crippen LogP contribution in [0.3, 0.4) is 0 Å². The third-order valence-corrected chi connectivity index (χ3v) is 3.19. The summed E-state index contributed by atoms with van der Waals surface area (Å²) in [5, 5.41) is 6.16. The predicted octanol–water partition coefficient (Wildman–Crippen LogP) is 4.30. The zero-order chi connectivity index (χ0) is 14.5. The van der Waals surface area contributed by atoms with Crippen LogP contribution in [0.15, 0.2) is 42.5 Å². The van der Waals surface area contributed by atoms with Crippen molar-refractivity contribution < 1.29 is 9.53 Å². The van der Waals surface area contributed by atoms with Crippen LogP contribution in [0.4, 0.5) is 16.2 Å². The number of urea groups is 1. The third kappa shape index (κ3) is 3.65. The second-order valence-corrected chi connectivity index (χ2v) is 4.68. The zero-order valence-corrected chi connectivity index (χ0v) is 12.0. The zero-order valence-electron chi connectivity index (χ0n) is 11.2. The number of carbonyl (C=O) groups is 1. The van der Waals surface area contributed by atoms with Gasteiger partial charge in [0.1, 0.15) is 5.75 Å². The maximum absolute atomic E-state index is 11.8. The third-order valence-electron chi connectivity index (χ3n) is 2.76. The molecule has 4 nitrogen and oxygen atoms in total. The van der Waals surface area contributed by atoms with Crippen molar-refractivity contribution in [3.63, 3.8) is 0 Å². The first-order valence-electron chi connectivity index (χ1n) is 6.06. The largest absolute Gasteiger partial charge is 0.497 e. The number of rotatable bonds is 3. The standard InChI is InChI=1S/C15H15ClN2O2/c1-10-9-12(5-8-14(10)16)18-15(19)17-11-3-6-13(20-2)7-4-11/h3-9H,1-2H3,(H2,17,18,19). The van der Waals surface area contributed by atoms with Gasteiger partial charge in [0, 0.05) is 16.4 Å². The number of hydrogen-bond donors (Lipinski definition) is 2. The predicted molar refractivity (Wildman–Crippen MR) is 81.8 cm³/mol. The van der Waals surface area contributed by atoms with E-state index < -0.39 is 0 Å². The Morgan fingerprint density at radius 1 is 1.05 bits per heavy atom. The Bertz CT molecular complexity index is 612. The maximum atomic E-state index is 11.8. The fraction of sp³-hybridized carbons (Fsp3) is 0.133. The first kappa shape index (κ1) is 14.2. The number of halogens is 1. The van der Waals surface area contributed by atoms with E-state index in [9.17, 15) is 4.79 Å². The van der Waals surface area contributed by atoms with Gasteiger partial charge in [-0.1, -0.05) is 11.6 Å².